The topological polar surface area (TPSA) is 31.5 Å². The van der Waals surface area contributed by atoms with E-state index in [0.717, 1.165) is 31.3 Å². The fourth-order valence-electron chi connectivity index (χ4n) is 5.16. The molecule has 0 bridgehead atoms. The van der Waals surface area contributed by atoms with Crippen LogP contribution in [0.15, 0.2) is 48.7 Å². The summed E-state index contributed by atoms with van der Waals surface area (Å²) in [7, 11) is 0. The second kappa shape index (κ2) is 7.99. The zero-order valence-corrected chi connectivity index (χ0v) is 18.5. The number of hydrogen-bond acceptors (Lipinski definition) is 3. The highest BCUT2D eigenvalue weighted by Crippen LogP contribution is 2.38. The Bertz CT molecular complexity index is 1050. The van der Waals surface area contributed by atoms with Gasteiger partial charge in [-0.15, -0.1) is 0 Å². The van der Waals surface area contributed by atoms with Crippen LogP contribution >= 0.6 is 0 Å². The molecule has 3 aliphatic rings. The Kier molecular flexibility index (Phi) is 5.00. The van der Waals surface area contributed by atoms with Crippen LogP contribution in [-0.4, -0.2) is 47.1 Å². The van der Waals surface area contributed by atoms with Gasteiger partial charge in [-0.2, -0.15) is 0 Å². The number of hydrogen-bond donors (Lipinski definition) is 1. The monoisotopic (exact) mass is 415 g/mol. The van der Waals surface area contributed by atoms with Crippen molar-refractivity contribution in [2.75, 3.05) is 26.2 Å². The van der Waals surface area contributed by atoms with Crippen molar-refractivity contribution in [3.8, 4) is 5.75 Å². The first-order chi connectivity index (χ1) is 15.2. The summed E-state index contributed by atoms with van der Waals surface area (Å²) >= 11 is 0. The number of aromatic nitrogens is 1. The molecule has 0 spiro atoms. The summed E-state index contributed by atoms with van der Waals surface area (Å²) in [5, 5.41) is 1.32. The highest BCUT2D eigenvalue weighted by Gasteiger charge is 2.33. The maximum Gasteiger partial charge on any atom is 0.125 e. The molecule has 0 amide bonds. The molecule has 2 aliphatic carbocycles. The van der Waals surface area contributed by atoms with E-state index in [9.17, 15) is 0 Å². The molecule has 0 unspecified atom stereocenters. The number of benzene rings is 2. The Hall–Kier alpha value is -2.30. The van der Waals surface area contributed by atoms with Crippen LogP contribution in [0.4, 0.5) is 0 Å². The first-order valence-electron chi connectivity index (χ1n) is 12.0. The maximum absolute atomic E-state index is 6.43. The third-order valence-corrected chi connectivity index (χ3v) is 7.26. The molecular formula is C27H33N3O. The molecular weight excluding hydrogens is 382 g/mol. The van der Waals surface area contributed by atoms with Gasteiger partial charge in [-0.1, -0.05) is 30.3 Å². The summed E-state index contributed by atoms with van der Waals surface area (Å²) in [4.78, 5) is 8.85. The van der Waals surface area contributed by atoms with Gasteiger partial charge in [0.1, 0.15) is 5.75 Å². The van der Waals surface area contributed by atoms with Crippen molar-refractivity contribution in [2.24, 2.45) is 5.92 Å². The van der Waals surface area contributed by atoms with Crippen LogP contribution in [0.25, 0.3) is 10.9 Å². The molecule has 6 rings (SSSR count). The number of nitrogens with zero attached hydrogens (tertiary/aromatic N) is 2. The van der Waals surface area contributed by atoms with Crippen molar-refractivity contribution in [3.05, 3.63) is 65.4 Å². The van der Waals surface area contributed by atoms with Crippen molar-refractivity contribution in [2.45, 2.75) is 51.3 Å². The van der Waals surface area contributed by atoms with E-state index in [-0.39, 0.29) is 0 Å². The van der Waals surface area contributed by atoms with Gasteiger partial charge in [0.05, 0.1) is 6.10 Å². The zero-order chi connectivity index (χ0) is 20.8. The third-order valence-electron chi connectivity index (χ3n) is 7.26. The summed E-state index contributed by atoms with van der Waals surface area (Å²) in [5.74, 6) is 2.04. The van der Waals surface area contributed by atoms with Crippen molar-refractivity contribution in [3.63, 3.8) is 0 Å². The van der Waals surface area contributed by atoms with Crippen LogP contribution in [0.1, 0.15) is 48.4 Å². The largest absolute Gasteiger partial charge is 0.490 e. The Labute approximate surface area is 185 Å². The van der Waals surface area contributed by atoms with Gasteiger partial charge in [0.2, 0.25) is 0 Å². The summed E-state index contributed by atoms with van der Waals surface area (Å²) in [6.45, 7) is 7.80. The predicted molar refractivity (Wildman–Crippen MR) is 125 cm³/mol. The van der Waals surface area contributed by atoms with E-state index in [2.05, 4.69) is 70.4 Å². The molecule has 4 nitrogen and oxygen atoms in total. The predicted octanol–water partition coefficient (Wildman–Crippen LogP) is 5.29. The molecule has 162 valence electrons. The van der Waals surface area contributed by atoms with Gasteiger partial charge in [0.25, 0.3) is 0 Å². The molecule has 4 heteroatoms. The number of H-pyrrole nitrogens is 1. The molecule has 1 atom stereocenters. The average molecular weight is 416 g/mol. The number of fused-ring (bicyclic) bond motifs is 1. The molecule has 3 fully saturated rings. The van der Waals surface area contributed by atoms with Gasteiger partial charge in [0, 0.05) is 61.4 Å². The molecule has 1 aliphatic heterocycles. The van der Waals surface area contributed by atoms with Gasteiger partial charge < -0.3 is 9.72 Å². The lowest BCUT2D eigenvalue weighted by atomic mass is 9.99. The second-order valence-electron chi connectivity index (χ2n) is 9.85. The Morgan fingerprint density at radius 1 is 1.03 bits per heavy atom. The molecule has 31 heavy (non-hydrogen) atoms. The van der Waals surface area contributed by atoms with Crippen LogP contribution in [0.2, 0.25) is 0 Å². The standard InChI is InChI=1S/C27H33N3O/c1-19-15-26(31-22-9-10-22)24(23-11-12-28-27(19)23)17-30-14-13-29(16-20-7-8-20)18-25(30)21-5-3-2-4-6-21/h2-6,11-12,15,20,22,25,28H,7-10,13-14,16-18H2,1H3/t25-/m0/s1. The molecule has 2 heterocycles. The minimum absolute atomic E-state index is 0.412. The number of ether oxygens (including phenoxy) is 1. The van der Waals surface area contributed by atoms with E-state index < -0.39 is 0 Å². The highest BCUT2D eigenvalue weighted by atomic mass is 16.5. The molecule has 2 aromatic carbocycles. The van der Waals surface area contributed by atoms with Gasteiger partial charge in [0.15, 0.2) is 0 Å². The molecule has 3 aromatic rings. The van der Waals surface area contributed by atoms with Crippen molar-refractivity contribution < 1.29 is 4.74 Å². The highest BCUT2D eigenvalue weighted by molar-refractivity contribution is 5.88. The maximum atomic E-state index is 6.43. The van der Waals surface area contributed by atoms with E-state index in [1.54, 1.807) is 0 Å². The number of rotatable bonds is 7. The fraction of sp³-hybridized carbons (Fsp3) is 0.481. The molecule has 1 aromatic heterocycles. The SMILES string of the molecule is Cc1cc(OC2CC2)c(CN2CCN(CC3CC3)C[C@H]2c2ccccc2)c2cc[nH]c12. The number of piperazine rings is 1. The van der Waals surface area contributed by atoms with E-state index >= 15 is 0 Å². The van der Waals surface area contributed by atoms with Crippen molar-refractivity contribution in [1.82, 2.24) is 14.8 Å². The quantitative estimate of drug-likeness (QED) is 0.569. The first-order valence-corrected chi connectivity index (χ1v) is 12.0. The van der Waals surface area contributed by atoms with Gasteiger partial charge in [-0.05, 0) is 61.8 Å². The van der Waals surface area contributed by atoms with Crippen LogP contribution < -0.4 is 4.74 Å². The van der Waals surface area contributed by atoms with Crippen LogP contribution in [0.3, 0.4) is 0 Å². The van der Waals surface area contributed by atoms with E-state index in [1.807, 2.05) is 0 Å². The van der Waals surface area contributed by atoms with Gasteiger partial charge in [-0.25, -0.2) is 0 Å². The average Bonchev–Trinajstić information content (AvgIpc) is 3.72. The number of aryl methyl sites for hydroxylation is 1. The summed E-state index contributed by atoms with van der Waals surface area (Å²) < 4.78 is 6.43. The minimum Gasteiger partial charge on any atom is -0.490 e. The Balaban J connectivity index is 1.33. The fourth-order valence-corrected chi connectivity index (χ4v) is 5.16. The van der Waals surface area contributed by atoms with E-state index in [0.29, 0.717) is 12.1 Å². The lowest BCUT2D eigenvalue weighted by molar-refractivity contribution is 0.0648. The lowest BCUT2D eigenvalue weighted by Gasteiger charge is -2.42. The molecule has 1 N–H and O–H groups in total. The van der Waals surface area contributed by atoms with Gasteiger partial charge in [-0.3, -0.25) is 9.80 Å². The normalized spacial score (nSPS) is 22.8. The lowest BCUT2D eigenvalue weighted by Crippen LogP contribution is -2.48. The first kappa shape index (κ1) is 19.4. The van der Waals surface area contributed by atoms with Crippen molar-refractivity contribution >= 4 is 10.9 Å². The summed E-state index contributed by atoms with van der Waals surface area (Å²) in [6, 6.07) is 16.0. The van der Waals surface area contributed by atoms with Crippen LogP contribution in [0.5, 0.6) is 5.75 Å². The second-order valence-corrected chi connectivity index (χ2v) is 9.85. The van der Waals surface area contributed by atoms with Crippen LogP contribution in [-0.2, 0) is 6.54 Å². The van der Waals surface area contributed by atoms with Crippen LogP contribution in [0, 0.1) is 12.8 Å². The minimum atomic E-state index is 0.412. The molecule has 2 saturated carbocycles. The number of aromatic amines is 1. The Morgan fingerprint density at radius 3 is 2.65 bits per heavy atom. The molecule has 0 radical (unpaired) electrons. The van der Waals surface area contributed by atoms with E-state index in [1.165, 1.54) is 66.4 Å². The Morgan fingerprint density at radius 2 is 1.87 bits per heavy atom. The smallest absolute Gasteiger partial charge is 0.125 e. The van der Waals surface area contributed by atoms with Crippen molar-refractivity contribution in [1.29, 1.82) is 0 Å². The third kappa shape index (κ3) is 4.11. The summed E-state index contributed by atoms with van der Waals surface area (Å²) in [6.07, 6.45) is 7.71. The zero-order valence-electron chi connectivity index (χ0n) is 18.5. The van der Waals surface area contributed by atoms with Gasteiger partial charge >= 0.3 is 0 Å². The summed E-state index contributed by atoms with van der Waals surface area (Å²) in [5.41, 5.74) is 5.31. The van der Waals surface area contributed by atoms with E-state index in [4.69, 9.17) is 4.74 Å². The number of nitrogens with one attached hydrogen (secondary N) is 1. The molecule has 1 saturated heterocycles.